The van der Waals surface area contributed by atoms with Crippen LogP contribution >= 0.6 is 0 Å². The molecule has 2 N–H and O–H groups in total. The molecule has 1 atom stereocenters. The Hall–Kier alpha value is -0.870. The molecule has 0 saturated carbocycles. The van der Waals surface area contributed by atoms with Crippen molar-refractivity contribution in [3.63, 3.8) is 0 Å². The minimum Gasteiger partial charge on any atom is -0.388 e. The normalized spacial score (nSPS) is 21.3. The van der Waals surface area contributed by atoms with Gasteiger partial charge >= 0.3 is 0 Å². The molecule has 1 aliphatic rings. The van der Waals surface area contributed by atoms with Crippen molar-refractivity contribution in [1.29, 1.82) is 0 Å². The number of aryl methyl sites for hydroxylation is 1. The Morgan fingerprint density at radius 3 is 3.33 bits per heavy atom. The number of aromatic nitrogens is 1. The van der Waals surface area contributed by atoms with Crippen molar-refractivity contribution in [2.45, 2.75) is 25.5 Å². The summed E-state index contributed by atoms with van der Waals surface area (Å²) in [5, 5.41) is 16.4. The van der Waals surface area contributed by atoms with Gasteiger partial charge in [0.15, 0.2) is 0 Å². The van der Waals surface area contributed by atoms with Crippen LogP contribution in [0.25, 0.3) is 0 Å². The zero-order valence-corrected chi connectivity index (χ0v) is 7.00. The highest BCUT2D eigenvalue weighted by atomic mass is 16.5. The summed E-state index contributed by atoms with van der Waals surface area (Å²) in [6.45, 7) is 0.663. The second-order valence-corrected chi connectivity index (χ2v) is 3.05. The lowest BCUT2D eigenvalue weighted by Crippen LogP contribution is -2.08. The number of aliphatic hydroxyl groups is 1. The van der Waals surface area contributed by atoms with Gasteiger partial charge in [-0.25, -0.2) is 0 Å². The number of hydrogen-bond donors (Lipinski definition) is 2. The van der Waals surface area contributed by atoms with E-state index < -0.39 is 0 Å². The second-order valence-electron chi connectivity index (χ2n) is 3.05. The highest BCUT2D eigenvalue weighted by molar-refractivity contribution is 5.29. The van der Waals surface area contributed by atoms with Gasteiger partial charge in [0, 0.05) is 18.5 Å². The Balaban J connectivity index is 2.32. The van der Waals surface area contributed by atoms with Gasteiger partial charge in [0.1, 0.15) is 11.5 Å². The number of fused-ring (bicyclic) bond motifs is 1. The minimum absolute atomic E-state index is 0.366. The lowest BCUT2D eigenvalue weighted by molar-refractivity contribution is 0.178. The van der Waals surface area contributed by atoms with Crippen molar-refractivity contribution in [3.8, 4) is 0 Å². The van der Waals surface area contributed by atoms with Crippen LogP contribution in [0.5, 0.6) is 0 Å². The fraction of sp³-hybridized carbons (Fsp3) is 0.625. The molecule has 2 rings (SSSR count). The fourth-order valence-corrected chi connectivity index (χ4v) is 1.64. The molecule has 0 fully saturated rings. The maximum absolute atomic E-state index is 9.55. The predicted octanol–water partition coefficient (Wildman–Crippen LogP) is 0.374. The monoisotopic (exact) mass is 168 g/mol. The maximum atomic E-state index is 9.55. The lowest BCUT2D eigenvalue weighted by Gasteiger charge is -2.01. The smallest absolute Gasteiger partial charge is 0.142 e. The quantitative estimate of drug-likeness (QED) is 0.670. The number of nitrogens with zero attached hydrogens (tertiary/aromatic N) is 1. The van der Waals surface area contributed by atoms with Gasteiger partial charge in [-0.3, -0.25) is 0 Å². The van der Waals surface area contributed by atoms with Gasteiger partial charge in [0.2, 0.25) is 0 Å². The van der Waals surface area contributed by atoms with E-state index in [9.17, 15) is 5.11 Å². The molecular formula is C8H12N2O2. The van der Waals surface area contributed by atoms with Crippen LogP contribution in [0.3, 0.4) is 0 Å². The maximum Gasteiger partial charge on any atom is 0.142 e. The van der Waals surface area contributed by atoms with E-state index >= 15 is 0 Å². The van der Waals surface area contributed by atoms with E-state index in [1.807, 2.05) is 7.05 Å². The number of aliphatic hydroxyl groups excluding tert-OH is 1. The molecule has 0 aromatic carbocycles. The third kappa shape index (κ3) is 1.04. The van der Waals surface area contributed by atoms with Crippen molar-refractivity contribution >= 4 is 0 Å². The summed E-state index contributed by atoms with van der Waals surface area (Å²) in [5.41, 5.74) is 1.75. The molecule has 1 aromatic heterocycles. The first-order valence-corrected chi connectivity index (χ1v) is 4.13. The van der Waals surface area contributed by atoms with Gasteiger partial charge in [-0.15, -0.1) is 0 Å². The van der Waals surface area contributed by atoms with E-state index in [-0.39, 0.29) is 6.10 Å². The summed E-state index contributed by atoms with van der Waals surface area (Å²) in [7, 11) is 1.85. The summed E-state index contributed by atoms with van der Waals surface area (Å²) in [6.07, 6.45) is 1.22. The Morgan fingerprint density at radius 2 is 2.58 bits per heavy atom. The van der Waals surface area contributed by atoms with Crippen molar-refractivity contribution in [2.75, 3.05) is 7.05 Å². The van der Waals surface area contributed by atoms with Crippen LogP contribution in [0.2, 0.25) is 0 Å². The highest BCUT2D eigenvalue weighted by Gasteiger charge is 2.28. The van der Waals surface area contributed by atoms with Gasteiger partial charge in [-0.1, -0.05) is 5.16 Å². The van der Waals surface area contributed by atoms with Crippen LogP contribution in [-0.4, -0.2) is 17.3 Å². The first kappa shape index (κ1) is 7.76. The molecule has 0 bridgehead atoms. The Labute approximate surface area is 70.6 Å². The van der Waals surface area contributed by atoms with E-state index in [2.05, 4.69) is 10.5 Å². The van der Waals surface area contributed by atoms with E-state index in [0.29, 0.717) is 6.54 Å². The summed E-state index contributed by atoms with van der Waals surface area (Å²) >= 11 is 0. The Morgan fingerprint density at radius 1 is 1.75 bits per heavy atom. The van der Waals surface area contributed by atoms with E-state index in [4.69, 9.17) is 4.52 Å². The second kappa shape index (κ2) is 2.88. The number of rotatable bonds is 2. The van der Waals surface area contributed by atoms with Crippen LogP contribution in [0.1, 0.15) is 29.5 Å². The topological polar surface area (TPSA) is 58.3 Å². The third-order valence-electron chi connectivity index (χ3n) is 2.20. The van der Waals surface area contributed by atoms with Crippen LogP contribution in [-0.2, 0) is 13.0 Å². The van der Waals surface area contributed by atoms with Gasteiger partial charge in [0.05, 0.1) is 6.10 Å². The molecule has 1 aromatic rings. The summed E-state index contributed by atoms with van der Waals surface area (Å²) in [6, 6.07) is 0. The van der Waals surface area contributed by atoms with Gasteiger partial charge in [-0.05, 0) is 13.5 Å². The van der Waals surface area contributed by atoms with Crippen LogP contribution in [0.15, 0.2) is 4.52 Å². The highest BCUT2D eigenvalue weighted by Crippen LogP contribution is 2.33. The van der Waals surface area contributed by atoms with E-state index in [1.165, 1.54) is 0 Å². The van der Waals surface area contributed by atoms with Crippen LogP contribution in [0.4, 0.5) is 0 Å². The Bertz CT molecular complexity index is 283. The largest absolute Gasteiger partial charge is 0.388 e. The predicted molar refractivity (Wildman–Crippen MR) is 42.5 cm³/mol. The molecule has 1 aliphatic carbocycles. The van der Waals surface area contributed by atoms with Crippen LogP contribution < -0.4 is 5.32 Å². The standard InChI is InChI=1S/C8H12N2O2/c1-9-4-5-8-6(11)2-3-7(8)12-10-5/h6,9,11H,2-4H2,1H3. The molecule has 4 nitrogen and oxygen atoms in total. The third-order valence-corrected chi connectivity index (χ3v) is 2.20. The molecule has 4 heteroatoms. The molecule has 1 unspecified atom stereocenters. The van der Waals surface area contributed by atoms with Gasteiger partial charge in [0.25, 0.3) is 0 Å². The zero-order valence-electron chi connectivity index (χ0n) is 7.00. The molecule has 0 aliphatic heterocycles. The molecule has 0 amide bonds. The fourth-order valence-electron chi connectivity index (χ4n) is 1.64. The molecule has 0 spiro atoms. The SMILES string of the molecule is CNCc1noc2c1C(O)CC2. The number of hydrogen-bond acceptors (Lipinski definition) is 4. The zero-order chi connectivity index (χ0) is 8.55. The van der Waals surface area contributed by atoms with Gasteiger partial charge < -0.3 is 14.9 Å². The molecule has 12 heavy (non-hydrogen) atoms. The molecule has 0 saturated heterocycles. The van der Waals surface area contributed by atoms with Gasteiger partial charge in [-0.2, -0.15) is 0 Å². The summed E-state index contributed by atoms with van der Waals surface area (Å²) < 4.78 is 5.08. The van der Waals surface area contributed by atoms with Crippen molar-refractivity contribution in [1.82, 2.24) is 10.5 Å². The average Bonchev–Trinajstić information content (AvgIpc) is 2.58. The Kier molecular flexibility index (Phi) is 1.86. The molecule has 0 radical (unpaired) electrons. The first-order chi connectivity index (χ1) is 5.83. The lowest BCUT2D eigenvalue weighted by atomic mass is 10.1. The number of nitrogens with one attached hydrogen (secondary N) is 1. The van der Waals surface area contributed by atoms with Crippen molar-refractivity contribution < 1.29 is 9.63 Å². The first-order valence-electron chi connectivity index (χ1n) is 4.13. The van der Waals surface area contributed by atoms with Crippen LogP contribution in [0, 0.1) is 0 Å². The minimum atomic E-state index is -0.366. The average molecular weight is 168 g/mol. The summed E-state index contributed by atoms with van der Waals surface area (Å²) in [5.74, 6) is 0.854. The van der Waals surface area contributed by atoms with Crippen molar-refractivity contribution in [2.24, 2.45) is 0 Å². The molecule has 66 valence electrons. The molecule has 1 heterocycles. The van der Waals surface area contributed by atoms with E-state index in [1.54, 1.807) is 0 Å². The summed E-state index contributed by atoms with van der Waals surface area (Å²) in [4.78, 5) is 0. The van der Waals surface area contributed by atoms with Crippen molar-refractivity contribution in [3.05, 3.63) is 17.0 Å². The van der Waals surface area contributed by atoms with E-state index in [0.717, 1.165) is 29.9 Å². The molecular weight excluding hydrogens is 156 g/mol.